The van der Waals surface area contributed by atoms with Crippen LogP contribution in [-0.4, -0.2) is 57.8 Å². The Bertz CT molecular complexity index is 384. The van der Waals surface area contributed by atoms with Crippen LogP contribution in [-0.2, 0) is 14.4 Å². The molecule has 0 aromatic rings. The molecule has 0 unspecified atom stereocenters. The second kappa shape index (κ2) is 7.08. The minimum absolute atomic E-state index is 0.273. The van der Waals surface area contributed by atoms with Crippen LogP contribution in [0.3, 0.4) is 0 Å². The van der Waals surface area contributed by atoms with Crippen molar-refractivity contribution in [1.82, 2.24) is 4.90 Å². The molecule has 0 spiro atoms. The molecule has 7 nitrogen and oxygen atoms in total. The number of hydrogen-bond donors (Lipinski definition) is 3. The second-order valence-corrected chi connectivity index (χ2v) is 4.12. The number of carboxylic acid groups (broad SMARTS) is 2. The highest BCUT2D eigenvalue weighted by atomic mass is 19.4. The molecule has 0 aromatic heterocycles. The standard InChI is InChI=1S/C8H14N2O3.C2HF3O2/c1-5(9)7(11)10-4-2-3-6(10)8(12)13;3-2(4,5)1(6)7/h5-6H,2-4,9H2,1H3,(H,12,13);(H,6,7)/t5-,6+;/m1./s1. The highest BCUT2D eigenvalue weighted by Crippen LogP contribution is 2.17. The molecule has 0 radical (unpaired) electrons. The number of carbonyl (C=O) groups excluding carboxylic acids is 1. The van der Waals surface area contributed by atoms with Crippen molar-refractivity contribution < 1.29 is 37.8 Å². The van der Waals surface area contributed by atoms with Gasteiger partial charge in [-0.3, -0.25) is 4.79 Å². The lowest BCUT2D eigenvalue weighted by Crippen LogP contribution is -2.47. The van der Waals surface area contributed by atoms with Crippen LogP contribution in [0.15, 0.2) is 0 Å². The van der Waals surface area contributed by atoms with E-state index in [1.807, 2.05) is 0 Å². The maximum absolute atomic E-state index is 11.4. The average Bonchev–Trinajstić information content (AvgIpc) is 2.75. The third-order valence-electron chi connectivity index (χ3n) is 2.45. The molecular formula is C10H15F3N2O5. The Kier molecular flexibility index (Phi) is 6.43. The SMILES string of the molecule is C[C@@H](N)C(=O)N1CCC[C@H]1C(=O)O.O=C(O)C(F)(F)F. The van der Waals surface area contributed by atoms with Gasteiger partial charge in [0.15, 0.2) is 0 Å². The fourth-order valence-corrected chi connectivity index (χ4v) is 1.55. The fraction of sp³-hybridized carbons (Fsp3) is 0.700. The number of carboxylic acids is 2. The van der Waals surface area contributed by atoms with E-state index in [1.165, 1.54) is 4.90 Å². The smallest absolute Gasteiger partial charge is 0.480 e. The van der Waals surface area contributed by atoms with Crippen molar-refractivity contribution in [2.45, 2.75) is 38.0 Å². The zero-order valence-corrected chi connectivity index (χ0v) is 10.6. The summed E-state index contributed by atoms with van der Waals surface area (Å²) in [6.45, 7) is 2.08. The maximum atomic E-state index is 11.4. The first kappa shape index (κ1) is 18.2. The number of likely N-dealkylation sites (tertiary alicyclic amines) is 1. The van der Waals surface area contributed by atoms with Gasteiger partial charge in [-0.25, -0.2) is 9.59 Å². The van der Waals surface area contributed by atoms with Crippen molar-refractivity contribution in [2.24, 2.45) is 5.73 Å². The van der Waals surface area contributed by atoms with Gasteiger partial charge in [0, 0.05) is 6.54 Å². The van der Waals surface area contributed by atoms with E-state index in [1.54, 1.807) is 6.92 Å². The fourth-order valence-electron chi connectivity index (χ4n) is 1.55. The van der Waals surface area contributed by atoms with Gasteiger partial charge in [-0.1, -0.05) is 0 Å². The van der Waals surface area contributed by atoms with E-state index in [9.17, 15) is 22.8 Å². The number of halogens is 3. The molecule has 1 heterocycles. The van der Waals surface area contributed by atoms with Crippen LogP contribution >= 0.6 is 0 Å². The molecule has 1 aliphatic rings. The number of carbonyl (C=O) groups is 3. The molecule has 116 valence electrons. The quantitative estimate of drug-likeness (QED) is 0.662. The summed E-state index contributed by atoms with van der Waals surface area (Å²) in [7, 11) is 0. The Balaban J connectivity index is 0.000000441. The predicted octanol–water partition coefficient (Wildman–Crippen LogP) is 0.0425. The van der Waals surface area contributed by atoms with Crippen LogP contribution in [0.1, 0.15) is 19.8 Å². The summed E-state index contributed by atoms with van der Waals surface area (Å²) in [6, 6.07) is -1.28. The van der Waals surface area contributed by atoms with Gasteiger partial charge in [0.2, 0.25) is 5.91 Å². The number of hydrogen-bond acceptors (Lipinski definition) is 4. The monoisotopic (exact) mass is 300 g/mol. The zero-order chi connectivity index (χ0) is 16.1. The lowest BCUT2D eigenvalue weighted by Gasteiger charge is -2.22. The molecule has 4 N–H and O–H groups in total. The van der Waals surface area contributed by atoms with Crippen LogP contribution in [0, 0.1) is 0 Å². The van der Waals surface area contributed by atoms with E-state index in [0.717, 1.165) is 6.42 Å². The Morgan fingerprint density at radius 1 is 1.30 bits per heavy atom. The number of nitrogens with zero attached hydrogens (tertiary/aromatic N) is 1. The molecule has 1 amide bonds. The van der Waals surface area contributed by atoms with Gasteiger partial charge < -0.3 is 20.8 Å². The summed E-state index contributed by atoms with van der Waals surface area (Å²) in [5.74, 6) is -3.97. The third kappa shape index (κ3) is 5.43. The molecule has 0 saturated carbocycles. The molecule has 0 aromatic carbocycles. The summed E-state index contributed by atoms with van der Waals surface area (Å²) >= 11 is 0. The van der Waals surface area contributed by atoms with Gasteiger partial charge in [0.25, 0.3) is 0 Å². The Labute approximate surface area is 112 Å². The van der Waals surface area contributed by atoms with Gasteiger partial charge in [0.05, 0.1) is 6.04 Å². The minimum Gasteiger partial charge on any atom is -0.480 e. The first-order chi connectivity index (χ1) is 8.98. The van der Waals surface area contributed by atoms with Crippen LogP contribution in [0.5, 0.6) is 0 Å². The van der Waals surface area contributed by atoms with E-state index in [0.29, 0.717) is 13.0 Å². The number of rotatable bonds is 2. The van der Waals surface area contributed by atoms with Gasteiger partial charge in [-0.05, 0) is 19.8 Å². The molecule has 1 aliphatic heterocycles. The molecule has 1 saturated heterocycles. The van der Waals surface area contributed by atoms with Crippen molar-refractivity contribution >= 4 is 17.8 Å². The number of alkyl halides is 3. The largest absolute Gasteiger partial charge is 0.490 e. The first-order valence-electron chi connectivity index (χ1n) is 5.57. The van der Waals surface area contributed by atoms with Crippen LogP contribution in [0.4, 0.5) is 13.2 Å². The molecular weight excluding hydrogens is 285 g/mol. The van der Waals surface area contributed by atoms with Crippen molar-refractivity contribution in [3.63, 3.8) is 0 Å². The van der Waals surface area contributed by atoms with Crippen molar-refractivity contribution in [3.8, 4) is 0 Å². The predicted molar refractivity (Wildman–Crippen MR) is 59.7 cm³/mol. The van der Waals surface area contributed by atoms with Gasteiger partial charge in [-0.15, -0.1) is 0 Å². The summed E-state index contributed by atoms with van der Waals surface area (Å²) in [5, 5.41) is 15.9. The van der Waals surface area contributed by atoms with Gasteiger partial charge >= 0.3 is 18.1 Å². The second-order valence-electron chi connectivity index (χ2n) is 4.12. The van der Waals surface area contributed by atoms with Gasteiger partial charge in [-0.2, -0.15) is 13.2 Å². The Morgan fingerprint density at radius 3 is 2.05 bits per heavy atom. The first-order valence-corrected chi connectivity index (χ1v) is 5.57. The van der Waals surface area contributed by atoms with Crippen LogP contribution in [0.25, 0.3) is 0 Å². The number of nitrogens with two attached hydrogens (primary N) is 1. The summed E-state index contributed by atoms with van der Waals surface area (Å²) in [5.41, 5.74) is 5.39. The highest BCUT2D eigenvalue weighted by molar-refractivity contribution is 5.87. The van der Waals surface area contributed by atoms with Crippen LogP contribution in [0.2, 0.25) is 0 Å². The van der Waals surface area contributed by atoms with E-state index >= 15 is 0 Å². The van der Waals surface area contributed by atoms with Crippen molar-refractivity contribution in [3.05, 3.63) is 0 Å². The van der Waals surface area contributed by atoms with E-state index in [2.05, 4.69) is 0 Å². The summed E-state index contributed by atoms with van der Waals surface area (Å²) in [4.78, 5) is 32.4. The molecule has 20 heavy (non-hydrogen) atoms. The van der Waals surface area contributed by atoms with Gasteiger partial charge in [0.1, 0.15) is 6.04 Å². The zero-order valence-electron chi connectivity index (χ0n) is 10.6. The number of aliphatic carboxylic acids is 2. The third-order valence-corrected chi connectivity index (χ3v) is 2.45. The summed E-state index contributed by atoms with van der Waals surface area (Å²) in [6.07, 6.45) is -3.80. The molecule has 1 fully saturated rings. The minimum atomic E-state index is -5.08. The van der Waals surface area contributed by atoms with Crippen LogP contribution < -0.4 is 5.73 Å². The number of amides is 1. The molecule has 10 heteroatoms. The van der Waals surface area contributed by atoms with Crippen molar-refractivity contribution in [2.75, 3.05) is 6.54 Å². The van der Waals surface area contributed by atoms with E-state index in [4.69, 9.17) is 20.7 Å². The normalized spacial score (nSPS) is 19.9. The van der Waals surface area contributed by atoms with E-state index in [-0.39, 0.29) is 5.91 Å². The highest BCUT2D eigenvalue weighted by Gasteiger charge is 2.38. The molecule has 0 aliphatic carbocycles. The summed E-state index contributed by atoms with van der Waals surface area (Å²) < 4.78 is 31.7. The molecule has 2 atom stereocenters. The van der Waals surface area contributed by atoms with E-state index < -0.39 is 30.2 Å². The average molecular weight is 300 g/mol. The molecule has 1 rings (SSSR count). The van der Waals surface area contributed by atoms with Crippen molar-refractivity contribution in [1.29, 1.82) is 0 Å². The topological polar surface area (TPSA) is 121 Å². The maximum Gasteiger partial charge on any atom is 0.490 e. The lowest BCUT2D eigenvalue weighted by atomic mass is 10.2. The Hall–Kier alpha value is -1.84. The molecule has 0 bridgehead atoms. The lowest BCUT2D eigenvalue weighted by molar-refractivity contribution is -0.192. The Morgan fingerprint density at radius 2 is 1.75 bits per heavy atom.